The quantitative estimate of drug-likeness (QED) is 0.671. The average molecular weight is 206 g/mol. The van der Waals surface area contributed by atoms with E-state index in [0.29, 0.717) is 11.9 Å². The molecule has 1 aliphatic rings. The van der Waals surface area contributed by atoms with E-state index >= 15 is 0 Å². The Morgan fingerprint density at radius 1 is 1.53 bits per heavy atom. The second-order valence-corrected chi connectivity index (χ2v) is 4.02. The van der Waals surface area contributed by atoms with Crippen LogP contribution in [0.5, 0.6) is 0 Å². The lowest BCUT2D eigenvalue weighted by Crippen LogP contribution is -2.33. The van der Waals surface area contributed by atoms with Crippen molar-refractivity contribution in [3.05, 3.63) is 23.9 Å². The Balaban J connectivity index is 1.71. The number of rotatable bonds is 4. The normalized spacial score (nSPS) is 20.7. The topological polar surface area (TPSA) is 63.0 Å². The molecule has 4 heteroatoms. The molecule has 2 rings (SSSR count). The molecule has 0 bridgehead atoms. The number of nitrogens with two attached hydrogens (primary N) is 1. The van der Waals surface area contributed by atoms with Crippen molar-refractivity contribution in [2.45, 2.75) is 25.4 Å². The summed E-state index contributed by atoms with van der Waals surface area (Å²) in [6, 6.07) is 4.49. The van der Waals surface area contributed by atoms with E-state index in [2.05, 4.69) is 15.6 Å². The third-order valence-corrected chi connectivity index (χ3v) is 2.73. The third-order valence-electron chi connectivity index (χ3n) is 2.73. The first kappa shape index (κ1) is 10.4. The highest BCUT2D eigenvalue weighted by molar-refractivity contribution is 5.29. The van der Waals surface area contributed by atoms with Crippen LogP contribution >= 0.6 is 0 Å². The van der Waals surface area contributed by atoms with Gasteiger partial charge in [-0.05, 0) is 31.0 Å². The first-order chi connectivity index (χ1) is 7.34. The van der Waals surface area contributed by atoms with Crippen molar-refractivity contribution in [1.29, 1.82) is 0 Å². The van der Waals surface area contributed by atoms with Crippen LogP contribution in [0.2, 0.25) is 0 Å². The second-order valence-electron chi connectivity index (χ2n) is 4.02. The number of nitrogens with zero attached hydrogens (tertiary/aromatic N) is 1. The molecule has 0 aliphatic carbocycles. The number of anilines is 1. The Bertz CT molecular complexity index is 290. The molecule has 1 unspecified atom stereocenters. The molecule has 0 aromatic carbocycles. The van der Waals surface area contributed by atoms with Gasteiger partial charge < -0.3 is 16.4 Å². The lowest BCUT2D eigenvalue weighted by molar-refractivity contribution is 0.535. The summed E-state index contributed by atoms with van der Waals surface area (Å²) >= 11 is 0. The smallest absolute Gasteiger partial charge is 0.123 e. The Labute approximate surface area is 90.3 Å². The van der Waals surface area contributed by atoms with E-state index in [-0.39, 0.29) is 0 Å². The van der Waals surface area contributed by atoms with Crippen molar-refractivity contribution in [3.63, 3.8) is 0 Å². The monoisotopic (exact) mass is 206 g/mol. The maximum atomic E-state index is 5.51. The molecule has 82 valence electrons. The minimum Gasteiger partial charge on any atom is -0.384 e. The summed E-state index contributed by atoms with van der Waals surface area (Å²) in [5.74, 6) is 0.580. The SMILES string of the molecule is Nc1ccc(CNCC2CCCN2)cn1. The van der Waals surface area contributed by atoms with Crippen molar-refractivity contribution in [2.24, 2.45) is 0 Å². The predicted molar refractivity (Wildman–Crippen MR) is 61.4 cm³/mol. The third kappa shape index (κ3) is 3.18. The minimum absolute atomic E-state index is 0.580. The molecular formula is C11H18N4. The molecule has 1 aromatic rings. The zero-order valence-electron chi connectivity index (χ0n) is 8.87. The van der Waals surface area contributed by atoms with Crippen LogP contribution in [0.4, 0.5) is 5.82 Å². The van der Waals surface area contributed by atoms with Crippen molar-refractivity contribution in [1.82, 2.24) is 15.6 Å². The van der Waals surface area contributed by atoms with Crippen LogP contribution in [0, 0.1) is 0 Å². The van der Waals surface area contributed by atoms with Gasteiger partial charge in [0, 0.05) is 25.3 Å². The number of hydrogen-bond acceptors (Lipinski definition) is 4. The summed E-state index contributed by atoms with van der Waals surface area (Å²) < 4.78 is 0. The van der Waals surface area contributed by atoms with Gasteiger partial charge in [0.25, 0.3) is 0 Å². The molecule has 0 amide bonds. The first-order valence-electron chi connectivity index (χ1n) is 5.49. The zero-order chi connectivity index (χ0) is 10.5. The Kier molecular flexibility index (Phi) is 3.53. The standard InChI is InChI=1S/C11H18N4/c12-11-4-3-9(7-15-11)6-13-8-10-2-1-5-14-10/h3-4,7,10,13-14H,1-2,5-6,8H2,(H2,12,15). The van der Waals surface area contributed by atoms with Crippen LogP contribution in [-0.4, -0.2) is 24.1 Å². The Morgan fingerprint density at radius 2 is 2.47 bits per heavy atom. The van der Waals surface area contributed by atoms with Gasteiger partial charge in [0.05, 0.1) is 0 Å². The first-order valence-corrected chi connectivity index (χ1v) is 5.49. The van der Waals surface area contributed by atoms with Gasteiger partial charge in [-0.15, -0.1) is 0 Å². The molecule has 1 aromatic heterocycles. The van der Waals surface area contributed by atoms with Gasteiger partial charge in [0.2, 0.25) is 0 Å². The summed E-state index contributed by atoms with van der Waals surface area (Å²) in [6.07, 6.45) is 4.41. The zero-order valence-corrected chi connectivity index (χ0v) is 8.87. The van der Waals surface area contributed by atoms with Gasteiger partial charge in [0.15, 0.2) is 0 Å². The molecule has 4 N–H and O–H groups in total. The molecule has 1 atom stereocenters. The average Bonchev–Trinajstić information content (AvgIpc) is 2.74. The summed E-state index contributed by atoms with van der Waals surface area (Å²) in [6.45, 7) is 3.06. The van der Waals surface area contributed by atoms with Crippen LogP contribution in [0.25, 0.3) is 0 Å². The largest absolute Gasteiger partial charge is 0.384 e. The molecule has 15 heavy (non-hydrogen) atoms. The van der Waals surface area contributed by atoms with E-state index in [4.69, 9.17) is 5.73 Å². The van der Waals surface area contributed by atoms with Crippen molar-refractivity contribution in [3.8, 4) is 0 Å². The molecule has 2 heterocycles. The van der Waals surface area contributed by atoms with Crippen molar-refractivity contribution in [2.75, 3.05) is 18.8 Å². The maximum absolute atomic E-state index is 5.51. The lowest BCUT2D eigenvalue weighted by Gasteiger charge is -2.11. The number of pyridine rings is 1. The van der Waals surface area contributed by atoms with E-state index < -0.39 is 0 Å². The van der Waals surface area contributed by atoms with E-state index in [9.17, 15) is 0 Å². The van der Waals surface area contributed by atoms with E-state index in [1.165, 1.54) is 18.4 Å². The van der Waals surface area contributed by atoms with Gasteiger partial charge in [-0.25, -0.2) is 4.98 Å². The predicted octanol–water partition coefficient (Wildman–Crippen LogP) is 0.505. The fourth-order valence-corrected chi connectivity index (χ4v) is 1.86. The summed E-state index contributed by atoms with van der Waals surface area (Å²) in [5, 5.41) is 6.87. The summed E-state index contributed by atoms with van der Waals surface area (Å²) in [4.78, 5) is 4.05. The van der Waals surface area contributed by atoms with Crippen LogP contribution in [0.3, 0.4) is 0 Å². The summed E-state index contributed by atoms with van der Waals surface area (Å²) in [5.41, 5.74) is 6.70. The molecule has 4 nitrogen and oxygen atoms in total. The molecular weight excluding hydrogens is 188 g/mol. The summed E-state index contributed by atoms with van der Waals surface area (Å²) in [7, 11) is 0. The van der Waals surface area contributed by atoms with Crippen LogP contribution in [0.15, 0.2) is 18.3 Å². The highest BCUT2D eigenvalue weighted by atomic mass is 15.0. The van der Waals surface area contributed by atoms with Crippen LogP contribution in [0.1, 0.15) is 18.4 Å². The van der Waals surface area contributed by atoms with Gasteiger partial charge >= 0.3 is 0 Å². The van der Waals surface area contributed by atoms with Gasteiger partial charge in [-0.1, -0.05) is 6.07 Å². The van der Waals surface area contributed by atoms with E-state index in [1.807, 2.05) is 18.3 Å². The highest BCUT2D eigenvalue weighted by Gasteiger charge is 2.12. The molecule has 1 saturated heterocycles. The number of hydrogen-bond donors (Lipinski definition) is 3. The number of nitrogen functional groups attached to an aromatic ring is 1. The molecule has 0 radical (unpaired) electrons. The maximum Gasteiger partial charge on any atom is 0.123 e. The highest BCUT2D eigenvalue weighted by Crippen LogP contribution is 2.04. The van der Waals surface area contributed by atoms with Gasteiger partial charge in [-0.3, -0.25) is 0 Å². The van der Waals surface area contributed by atoms with Gasteiger partial charge in [0.1, 0.15) is 5.82 Å². The molecule has 0 spiro atoms. The molecule has 0 saturated carbocycles. The van der Waals surface area contributed by atoms with E-state index in [0.717, 1.165) is 19.6 Å². The lowest BCUT2D eigenvalue weighted by atomic mass is 10.2. The second kappa shape index (κ2) is 5.09. The number of nitrogens with one attached hydrogen (secondary N) is 2. The van der Waals surface area contributed by atoms with E-state index in [1.54, 1.807) is 0 Å². The fourth-order valence-electron chi connectivity index (χ4n) is 1.86. The van der Waals surface area contributed by atoms with Crippen LogP contribution in [-0.2, 0) is 6.54 Å². The number of aromatic nitrogens is 1. The van der Waals surface area contributed by atoms with Crippen LogP contribution < -0.4 is 16.4 Å². The molecule has 1 aliphatic heterocycles. The minimum atomic E-state index is 0.580. The molecule has 1 fully saturated rings. The van der Waals surface area contributed by atoms with Crippen molar-refractivity contribution < 1.29 is 0 Å². The fraction of sp³-hybridized carbons (Fsp3) is 0.545. The Hall–Kier alpha value is -1.13. The van der Waals surface area contributed by atoms with Gasteiger partial charge in [-0.2, -0.15) is 0 Å². The Morgan fingerprint density at radius 3 is 3.13 bits per heavy atom. The van der Waals surface area contributed by atoms with Crippen molar-refractivity contribution >= 4 is 5.82 Å².